The van der Waals surface area contributed by atoms with Gasteiger partial charge in [0.2, 0.25) is 0 Å². The molecule has 38 heavy (non-hydrogen) atoms. The van der Waals surface area contributed by atoms with Gasteiger partial charge in [0.05, 0.1) is 0 Å². The van der Waals surface area contributed by atoms with Gasteiger partial charge in [-0.3, -0.25) is 0 Å². The molecule has 0 aliphatic rings. The van der Waals surface area contributed by atoms with Crippen molar-refractivity contribution in [3.8, 4) is 0 Å². The van der Waals surface area contributed by atoms with E-state index in [1.165, 1.54) is 54.2 Å². The molecule has 0 spiro atoms. The Kier molecular flexibility index (Phi) is 12.8. The Hall–Kier alpha value is -1.37. The zero-order chi connectivity index (χ0) is 25.8. The van der Waals surface area contributed by atoms with E-state index in [1.54, 1.807) is 21.6 Å². The average molecular weight is 679 g/mol. The fourth-order valence-electron chi connectivity index (χ4n) is 4.64. The number of halogens is 2. The normalized spacial score (nSPS) is 10.6. The van der Waals surface area contributed by atoms with Gasteiger partial charge in [-0.25, -0.2) is 0 Å². The van der Waals surface area contributed by atoms with Gasteiger partial charge < -0.3 is 24.8 Å². The van der Waals surface area contributed by atoms with Gasteiger partial charge in [-0.05, 0) is 22.6 Å². The molecule has 0 saturated carbocycles. The predicted octanol–water partition coefficient (Wildman–Crippen LogP) is 4.46. The molecular formula is C34H36Cl2GeZr-2. The molecule has 0 atom stereocenters. The standard InChI is InChI=1S/2C16H15.C2H6Ge.2ClH.Zr/c2*1-11(2)14-9-13-8-7-12-5-3-4-6-15(12)16(13)10-14;1-3-2;;;/h2*3-11H,1-2H3;1-2H3;2*1H;/q2*-1;;;;+2/p-2. The summed E-state index contributed by atoms with van der Waals surface area (Å²) < 4.78 is 0. The zero-order valence-electron chi connectivity index (χ0n) is 23.1. The molecule has 0 bridgehead atoms. The SMILES string of the molecule is CC(C)c1cc2c(ccc3ccccc32)[cH-]1.CC(C)c1cc2c(ccc3ccccc32)[cH-]1.[CH3][Ge]([CH3])=[Zr+2].[Cl-].[Cl-]. The molecule has 4 heteroatoms. The third kappa shape index (κ3) is 7.85. The number of hydrogen-bond acceptors (Lipinski definition) is 0. The largest absolute Gasteiger partial charge is 1.00 e. The maximum absolute atomic E-state index is 2.37. The van der Waals surface area contributed by atoms with E-state index in [4.69, 9.17) is 0 Å². The summed E-state index contributed by atoms with van der Waals surface area (Å²) in [5.74, 6) is 5.95. The van der Waals surface area contributed by atoms with Gasteiger partial charge in [0.15, 0.2) is 0 Å². The van der Waals surface area contributed by atoms with Crippen LogP contribution in [-0.4, -0.2) is 9.98 Å². The summed E-state index contributed by atoms with van der Waals surface area (Å²) in [5, 5.41) is 10.9. The number of benzene rings is 4. The van der Waals surface area contributed by atoms with E-state index < -0.39 is 0 Å². The fourth-order valence-corrected chi connectivity index (χ4v) is 4.64. The first-order chi connectivity index (χ1) is 17.2. The van der Waals surface area contributed by atoms with E-state index in [2.05, 4.69) is 136 Å². The second-order valence-electron chi connectivity index (χ2n) is 10.5. The van der Waals surface area contributed by atoms with Crippen molar-refractivity contribution in [1.82, 2.24) is 0 Å². The van der Waals surface area contributed by atoms with E-state index in [0.717, 1.165) is 0 Å². The van der Waals surface area contributed by atoms with Crippen molar-refractivity contribution >= 4 is 53.1 Å². The van der Waals surface area contributed by atoms with Crippen LogP contribution in [0.4, 0.5) is 0 Å². The van der Waals surface area contributed by atoms with E-state index in [1.807, 2.05) is 0 Å². The van der Waals surface area contributed by atoms with E-state index in [0.29, 0.717) is 11.8 Å². The van der Waals surface area contributed by atoms with E-state index in [-0.39, 0.29) is 34.8 Å². The van der Waals surface area contributed by atoms with Crippen LogP contribution in [0.15, 0.2) is 97.1 Å². The van der Waals surface area contributed by atoms with Gasteiger partial charge in [-0.15, -0.1) is 56.9 Å². The van der Waals surface area contributed by atoms with Crippen molar-refractivity contribution in [2.24, 2.45) is 0 Å². The van der Waals surface area contributed by atoms with Crippen molar-refractivity contribution in [3.05, 3.63) is 108 Å². The van der Waals surface area contributed by atoms with Gasteiger partial charge >= 0.3 is 43.1 Å². The molecule has 0 heterocycles. The summed E-state index contributed by atoms with van der Waals surface area (Å²) in [7, 11) is -0.243. The third-order valence-electron chi connectivity index (χ3n) is 6.61. The maximum Gasteiger partial charge on any atom is -1.00 e. The number of rotatable bonds is 2. The number of hydrogen-bond donors (Lipinski definition) is 0. The molecule has 6 aromatic carbocycles. The second kappa shape index (κ2) is 14.9. The molecule has 0 aliphatic heterocycles. The molecule has 196 valence electrons. The first-order valence-corrected chi connectivity index (χ1v) is 24.6. The summed E-state index contributed by atoms with van der Waals surface area (Å²) in [4.78, 5) is 0. The first-order valence-electron chi connectivity index (χ1n) is 12.9. The fraction of sp³-hybridized carbons (Fsp3) is 0.235. The summed E-state index contributed by atoms with van der Waals surface area (Å²) in [6.07, 6.45) is 0. The minimum atomic E-state index is -0.243. The van der Waals surface area contributed by atoms with Crippen LogP contribution in [0.2, 0.25) is 11.5 Å². The third-order valence-corrected chi connectivity index (χ3v) is 6.61. The van der Waals surface area contributed by atoms with Crippen LogP contribution in [0.3, 0.4) is 0 Å². The minimum Gasteiger partial charge on any atom is -1.00 e. The van der Waals surface area contributed by atoms with Gasteiger partial charge in [-0.1, -0.05) is 99.1 Å². The molecule has 0 nitrogen and oxygen atoms in total. The van der Waals surface area contributed by atoms with Gasteiger partial charge in [0.1, 0.15) is 0 Å². The second-order valence-corrected chi connectivity index (χ2v) is 27.4. The van der Waals surface area contributed by atoms with Crippen LogP contribution in [0.5, 0.6) is 0 Å². The van der Waals surface area contributed by atoms with E-state index in [9.17, 15) is 0 Å². The molecule has 0 unspecified atom stereocenters. The van der Waals surface area contributed by atoms with Crippen molar-refractivity contribution < 1.29 is 46.4 Å². The van der Waals surface area contributed by atoms with E-state index >= 15 is 0 Å². The Bertz CT molecular complexity index is 1520. The molecule has 6 aromatic rings. The maximum atomic E-state index is 2.37. The monoisotopic (exact) mass is 678 g/mol. The molecule has 0 radical (unpaired) electrons. The quantitative estimate of drug-likeness (QED) is 0.188. The predicted molar refractivity (Wildman–Crippen MR) is 160 cm³/mol. The van der Waals surface area contributed by atoms with Gasteiger partial charge in [-0.2, -0.15) is 12.1 Å². The van der Waals surface area contributed by atoms with Crippen molar-refractivity contribution in [1.29, 1.82) is 0 Å². The summed E-state index contributed by atoms with van der Waals surface area (Å²) in [6.45, 7) is 8.99. The molecule has 0 amide bonds. The topological polar surface area (TPSA) is 0 Å². The molecule has 0 saturated heterocycles. The molecule has 0 aromatic heterocycles. The Morgan fingerprint density at radius 3 is 1.24 bits per heavy atom. The van der Waals surface area contributed by atoms with Crippen molar-refractivity contribution in [3.63, 3.8) is 0 Å². The van der Waals surface area contributed by atoms with Gasteiger partial charge in [0, 0.05) is 0 Å². The Morgan fingerprint density at radius 1 is 0.553 bits per heavy atom. The molecule has 6 rings (SSSR count). The van der Waals surface area contributed by atoms with Crippen LogP contribution < -0.4 is 24.8 Å². The molecule has 0 fully saturated rings. The van der Waals surface area contributed by atoms with Crippen LogP contribution in [0, 0.1) is 0 Å². The van der Waals surface area contributed by atoms with Gasteiger partial charge in [0.25, 0.3) is 0 Å². The van der Waals surface area contributed by atoms with Crippen LogP contribution >= 0.6 is 0 Å². The Morgan fingerprint density at radius 2 is 0.895 bits per heavy atom. The Balaban J connectivity index is 0.000000224. The molecular weight excluding hydrogens is 643 g/mol. The zero-order valence-corrected chi connectivity index (χ0v) is 29.2. The van der Waals surface area contributed by atoms with Crippen LogP contribution in [0.25, 0.3) is 43.1 Å². The van der Waals surface area contributed by atoms with Crippen LogP contribution in [-0.2, 0) is 21.6 Å². The molecule has 0 aliphatic carbocycles. The summed E-state index contributed by atoms with van der Waals surface area (Å²) >= 11 is 1.80. The van der Waals surface area contributed by atoms with Crippen LogP contribution in [0.1, 0.15) is 50.7 Å². The average Bonchev–Trinajstić information content (AvgIpc) is 3.49. The smallest absolute Gasteiger partial charge is 1.00 e. The number of fused-ring (bicyclic) bond motifs is 6. The van der Waals surface area contributed by atoms with Crippen molar-refractivity contribution in [2.75, 3.05) is 0 Å². The minimum absolute atomic E-state index is 0. The summed E-state index contributed by atoms with van der Waals surface area (Å²) in [5.41, 5.74) is 2.87. The van der Waals surface area contributed by atoms with Crippen molar-refractivity contribution in [2.45, 2.75) is 51.0 Å². The Labute approximate surface area is 256 Å². The first kappa shape index (κ1) is 32.8. The molecule has 0 N–H and O–H groups in total. The summed E-state index contributed by atoms with van der Waals surface area (Å²) in [6, 6.07) is 35.4.